The Morgan fingerprint density at radius 1 is 1.25 bits per heavy atom. The monoisotopic (exact) mass is 293 g/mol. The van der Waals surface area contributed by atoms with E-state index in [4.69, 9.17) is 26.5 Å². The van der Waals surface area contributed by atoms with Crippen molar-refractivity contribution in [1.82, 2.24) is 0 Å². The maximum absolute atomic E-state index is 6.14. The predicted molar refractivity (Wildman–Crippen MR) is 80.7 cm³/mol. The molecule has 108 valence electrons. The lowest BCUT2D eigenvalue weighted by molar-refractivity contribution is 0.00707. The van der Waals surface area contributed by atoms with Crippen molar-refractivity contribution in [3.05, 3.63) is 58.5 Å². The van der Waals surface area contributed by atoms with Crippen LogP contribution in [0.2, 0.25) is 5.02 Å². The highest BCUT2D eigenvalue weighted by atomic mass is 35.5. The van der Waals surface area contributed by atoms with Crippen molar-refractivity contribution in [2.75, 3.05) is 0 Å². The Morgan fingerprint density at radius 3 is 2.60 bits per heavy atom. The van der Waals surface area contributed by atoms with Gasteiger partial charge in [0.15, 0.2) is 0 Å². The van der Waals surface area contributed by atoms with Gasteiger partial charge in [0.1, 0.15) is 17.6 Å². The summed E-state index contributed by atoms with van der Waals surface area (Å²) >= 11 is 6.14. The zero-order valence-electron chi connectivity index (χ0n) is 11.8. The van der Waals surface area contributed by atoms with Crippen LogP contribution in [0.4, 0.5) is 0 Å². The third-order valence-electron chi connectivity index (χ3n) is 3.28. The Labute approximate surface area is 124 Å². The summed E-state index contributed by atoms with van der Waals surface area (Å²) in [7, 11) is 0. The van der Waals surface area contributed by atoms with Crippen molar-refractivity contribution >= 4 is 11.6 Å². The molecule has 3 nitrogen and oxygen atoms in total. The SMILES string of the molecule is CCC(N)C(OCc1ccccc1Cl)c1ccc(C)o1. The minimum Gasteiger partial charge on any atom is -0.464 e. The molecule has 0 amide bonds. The molecule has 20 heavy (non-hydrogen) atoms. The molecule has 1 aromatic carbocycles. The van der Waals surface area contributed by atoms with Gasteiger partial charge in [-0.25, -0.2) is 0 Å². The average Bonchev–Trinajstić information content (AvgIpc) is 2.87. The number of aryl methyl sites for hydroxylation is 1. The fourth-order valence-corrected chi connectivity index (χ4v) is 2.22. The minimum absolute atomic E-state index is 0.108. The van der Waals surface area contributed by atoms with E-state index >= 15 is 0 Å². The molecule has 2 rings (SSSR count). The van der Waals surface area contributed by atoms with E-state index < -0.39 is 0 Å². The number of benzene rings is 1. The quantitative estimate of drug-likeness (QED) is 0.867. The second-order valence-electron chi connectivity index (χ2n) is 4.84. The molecule has 2 atom stereocenters. The average molecular weight is 294 g/mol. The van der Waals surface area contributed by atoms with E-state index in [2.05, 4.69) is 0 Å². The number of hydrogen-bond acceptors (Lipinski definition) is 3. The molecule has 0 saturated carbocycles. The summed E-state index contributed by atoms with van der Waals surface area (Å²) < 4.78 is 11.6. The highest BCUT2D eigenvalue weighted by Crippen LogP contribution is 2.26. The van der Waals surface area contributed by atoms with Crippen LogP contribution >= 0.6 is 11.6 Å². The van der Waals surface area contributed by atoms with Gasteiger partial charge in [0.05, 0.1) is 6.61 Å². The molecule has 0 spiro atoms. The number of halogens is 1. The molecule has 0 aliphatic rings. The lowest BCUT2D eigenvalue weighted by Crippen LogP contribution is -2.29. The maximum Gasteiger partial charge on any atom is 0.134 e. The molecule has 2 unspecified atom stereocenters. The molecular formula is C16H20ClNO2. The lowest BCUT2D eigenvalue weighted by Gasteiger charge is -2.21. The Morgan fingerprint density at radius 2 is 2.00 bits per heavy atom. The van der Waals surface area contributed by atoms with Gasteiger partial charge >= 0.3 is 0 Å². The summed E-state index contributed by atoms with van der Waals surface area (Å²) in [5.74, 6) is 1.62. The van der Waals surface area contributed by atoms with Gasteiger partial charge in [-0.3, -0.25) is 0 Å². The molecule has 2 N–H and O–H groups in total. The standard InChI is InChI=1S/C16H20ClNO2/c1-3-14(18)16(15-9-8-11(2)20-15)19-10-12-6-4-5-7-13(12)17/h4-9,14,16H,3,10,18H2,1-2H3. The van der Waals surface area contributed by atoms with Gasteiger partial charge in [-0.05, 0) is 37.1 Å². The number of rotatable bonds is 6. The van der Waals surface area contributed by atoms with Crippen LogP contribution in [0, 0.1) is 6.92 Å². The zero-order valence-corrected chi connectivity index (χ0v) is 12.6. The number of furan rings is 1. The van der Waals surface area contributed by atoms with Crippen LogP contribution in [0.3, 0.4) is 0 Å². The van der Waals surface area contributed by atoms with E-state index in [1.165, 1.54) is 0 Å². The van der Waals surface area contributed by atoms with Crippen molar-refractivity contribution in [3.8, 4) is 0 Å². The fraction of sp³-hybridized carbons (Fsp3) is 0.375. The first-order valence-electron chi connectivity index (χ1n) is 6.78. The van der Waals surface area contributed by atoms with Gasteiger partial charge in [-0.15, -0.1) is 0 Å². The Balaban J connectivity index is 2.11. The fourth-order valence-electron chi connectivity index (χ4n) is 2.03. The molecule has 0 aliphatic heterocycles. The highest BCUT2D eigenvalue weighted by molar-refractivity contribution is 6.31. The van der Waals surface area contributed by atoms with Crippen LogP contribution in [0.15, 0.2) is 40.8 Å². The van der Waals surface area contributed by atoms with Gasteiger partial charge in [0.25, 0.3) is 0 Å². The number of nitrogens with two attached hydrogens (primary N) is 1. The summed E-state index contributed by atoms with van der Waals surface area (Å²) in [6.07, 6.45) is 0.553. The summed E-state index contributed by atoms with van der Waals surface area (Å²) in [6.45, 7) is 4.36. The Bertz CT molecular complexity index is 553. The first kappa shape index (κ1) is 15.1. The van der Waals surface area contributed by atoms with Crippen LogP contribution in [-0.4, -0.2) is 6.04 Å². The maximum atomic E-state index is 6.14. The number of hydrogen-bond donors (Lipinski definition) is 1. The Hall–Kier alpha value is -1.29. The predicted octanol–water partition coefficient (Wildman–Crippen LogP) is 4.24. The number of ether oxygens (including phenoxy) is 1. The summed E-state index contributed by atoms with van der Waals surface area (Å²) in [4.78, 5) is 0. The highest BCUT2D eigenvalue weighted by Gasteiger charge is 2.22. The molecule has 0 saturated heterocycles. The second-order valence-corrected chi connectivity index (χ2v) is 5.25. The van der Waals surface area contributed by atoms with E-state index in [1.54, 1.807) is 0 Å². The van der Waals surface area contributed by atoms with Gasteiger partial charge in [-0.1, -0.05) is 36.7 Å². The minimum atomic E-state index is -0.259. The van der Waals surface area contributed by atoms with E-state index in [0.717, 1.165) is 23.5 Å². The lowest BCUT2D eigenvalue weighted by atomic mass is 10.1. The molecule has 0 fully saturated rings. The van der Waals surface area contributed by atoms with E-state index in [9.17, 15) is 0 Å². The third kappa shape index (κ3) is 3.63. The van der Waals surface area contributed by atoms with E-state index in [0.29, 0.717) is 11.6 Å². The van der Waals surface area contributed by atoms with Crippen LogP contribution < -0.4 is 5.73 Å². The van der Waals surface area contributed by atoms with Crippen molar-refractivity contribution in [2.24, 2.45) is 5.73 Å². The normalized spacial score (nSPS) is 14.2. The molecule has 0 bridgehead atoms. The molecule has 4 heteroatoms. The summed E-state index contributed by atoms with van der Waals surface area (Å²) in [5.41, 5.74) is 7.09. The molecule has 1 heterocycles. The molecular weight excluding hydrogens is 274 g/mol. The van der Waals surface area contributed by atoms with Crippen molar-refractivity contribution in [1.29, 1.82) is 0 Å². The molecule has 0 aliphatic carbocycles. The van der Waals surface area contributed by atoms with Crippen LogP contribution in [0.5, 0.6) is 0 Å². The molecule has 0 radical (unpaired) electrons. The van der Waals surface area contributed by atoms with Crippen molar-refractivity contribution in [3.63, 3.8) is 0 Å². The molecule has 2 aromatic rings. The first-order chi connectivity index (χ1) is 9.61. The van der Waals surface area contributed by atoms with Crippen LogP contribution in [-0.2, 0) is 11.3 Å². The third-order valence-corrected chi connectivity index (χ3v) is 3.65. The summed E-state index contributed by atoms with van der Waals surface area (Å²) in [5, 5.41) is 0.701. The largest absolute Gasteiger partial charge is 0.464 e. The summed E-state index contributed by atoms with van der Waals surface area (Å²) in [6, 6.07) is 11.4. The topological polar surface area (TPSA) is 48.4 Å². The smallest absolute Gasteiger partial charge is 0.134 e. The van der Waals surface area contributed by atoms with Crippen molar-refractivity contribution in [2.45, 2.75) is 39.0 Å². The first-order valence-corrected chi connectivity index (χ1v) is 7.16. The van der Waals surface area contributed by atoms with Crippen LogP contribution in [0.1, 0.15) is 36.5 Å². The van der Waals surface area contributed by atoms with Crippen molar-refractivity contribution < 1.29 is 9.15 Å². The second kappa shape index (κ2) is 6.93. The zero-order chi connectivity index (χ0) is 14.5. The van der Waals surface area contributed by atoms with Gasteiger partial charge in [0.2, 0.25) is 0 Å². The van der Waals surface area contributed by atoms with E-state index in [1.807, 2.05) is 50.2 Å². The van der Waals surface area contributed by atoms with Gasteiger partial charge < -0.3 is 14.9 Å². The van der Waals surface area contributed by atoms with E-state index in [-0.39, 0.29) is 12.1 Å². The van der Waals surface area contributed by atoms with Gasteiger partial charge in [0, 0.05) is 11.1 Å². The van der Waals surface area contributed by atoms with Crippen LogP contribution in [0.25, 0.3) is 0 Å². The van der Waals surface area contributed by atoms with Gasteiger partial charge in [-0.2, -0.15) is 0 Å². The molecule has 1 aromatic heterocycles. The Kier molecular flexibility index (Phi) is 5.24.